The molecule has 61 heavy (non-hydrogen) atoms. The van der Waals surface area contributed by atoms with E-state index in [1.54, 1.807) is 13.2 Å². The molecular formula is C42H72N6O9S4. The number of benzene rings is 1. The van der Waals surface area contributed by atoms with E-state index in [2.05, 4.69) is 21.9 Å². The van der Waals surface area contributed by atoms with Crippen molar-refractivity contribution >= 4 is 85.4 Å². The minimum atomic E-state index is -3.90. The van der Waals surface area contributed by atoms with Gasteiger partial charge in [-0.15, -0.1) is 6.58 Å². The molecule has 1 aromatic heterocycles. The summed E-state index contributed by atoms with van der Waals surface area (Å²) < 4.78 is 45.3. The maximum Gasteiger partial charge on any atom is 0.408 e. The Morgan fingerprint density at radius 2 is 1.67 bits per heavy atom. The Kier molecular flexibility index (Phi) is 21.0. The van der Waals surface area contributed by atoms with Crippen molar-refractivity contribution in [3.8, 4) is 11.6 Å². The highest BCUT2D eigenvalue weighted by Gasteiger charge is 2.62. The number of nitrogens with one attached hydrogen (secondary N) is 3. The first-order valence-electron chi connectivity index (χ1n) is 18.9. The Balaban J connectivity index is 0.00000514. The Morgan fingerprint density at radius 3 is 2.28 bits per heavy atom. The number of hydrogen-bond donors (Lipinski definition) is 3. The maximum absolute atomic E-state index is 14.6. The number of hydrogen-bond acceptors (Lipinski definition) is 11. The summed E-state index contributed by atoms with van der Waals surface area (Å²) in [6, 6.07) is 3.20. The van der Waals surface area contributed by atoms with Crippen LogP contribution < -0.4 is 24.8 Å². The highest BCUT2D eigenvalue weighted by atomic mass is 32.2. The fourth-order valence-corrected chi connectivity index (χ4v) is 9.00. The molecular weight excluding hydrogens is 861 g/mol. The number of nitrogens with zero attached hydrogens (tertiary/aromatic N) is 3. The summed E-state index contributed by atoms with van der Waals surface area (Å²) in [5, 5.41) is 4.96. The van der Waals surface area contributed by atoms with Gasteiger partial charge in [0.15, 0.2) is 0 Å². The third-order valence-corrected chi connectivity index (χ3v) is 13.1. The van der Waals surface area contributed by atoms with E-state index in [4.69, 9.17) is 24.2 Å². The molecule has 4 fully saturated rings. The monoisotopic (exact) mass is 932 g/mol. The molecule has 7 rings (SSSR count). The fraction of sp³-hybridized carbons (Fsp3) is 0.667. The minimum Gasteiger partial charge on any atom is -0.497 e. The van der Waals surface area contributed by atoms with Crippen LogP contribution in [-0.2, 0) is 35.6 Å². The molecule has 2 aromatic rings. The van der Waals surface area contributed by atoms with Crippen LogP contribution in [-0.4, -0.2) is 95.8 Å². The standard InChI is InChI=1S/C38H50N6O9S.4CH4.3H2S/c1-6-22-19-38(22,35(47)43-54(49,50)25-13-14-25)42-32(45)29-18-24-20-44(29)34(46)31(37(2,3)4)41-36(48)53-30-16-21(30)10-8-7-9-11-27-33(52-24)40-28-17-23(51-5)12-15-26(28)39-27;;;;;;;/h6,12,15,17,21-22,24-25,29-31H,1,7-11,13-14,16,18-20H2,2-5H3,(H,41,48)(H,42,45)(H,43,47);4*1H4;3*1H2/t21-,22-,24?,29+,30-,31-,38-;;;;;;;/m1......./s1. The smallest absolute Gasteiger partial charge is 0.408 e. The zero-order valence-corrected chi connectivity index (χ0v) is 36.6. The molecule has 2 bridgehead atoms. The summed E-state index contributed by atoms with van der Waals surface area (Å²) in [7, 11) is -2.33. The van der Waals surface area contributed by atoms with Crippen LogP contribution in [0.4, 0.5) is 4.79 Å². The van der Waals surface area contributed by atoms with Gasteiger partial charge in [0.1, 0.15) is 41.3 Å². The summed E-state index contributed by atoms with van der Waals surface area (Å²) in [5.41, 5.74) is -0.451. The van der Waals surface area contributed by atoms with Gasteiger partial charge in [0.2, 0.25) is 27.7 Å². The first kappa shape index (κ1) is 57.6. The molecule has 2 aliphatic heterocycles. The first-order chi connectivity index (χ1) is 25.6. The molecule has 19 heteroatoms. The Morgan fingerprint density at radius 1 is 0.984 bits per heavy atom. The van der Waals surface area contributed by atoms with E-state index in [0.29, 0.717) is 47.6 Å². The van der Waals surface area contributed by atoms with E-state index in [0.717, 1.165) is 32.1 Å². The van der Waals surface area contributed by atoms with Crippen molar-refractivity contribution in [1.29, 1.82) is 0 Å². The number of fused-ring (bicyclic) bond motifs is 5. The van der Waals surface area contributed by atoms with Crippen LogP contribution in [0, 0.1) is 17.3 Å². The van der Waals surface area contributed by atoms with Gasteiger partial charge < -0.3 is 29.7 Å². The molecule has 1 unspecified atom stereocenters. The van der Waals surface area contributed by atoms with Crippen LogP contribution in [0.1, 0.15) is 114 Å². The van der Waals surface area contributed by atoms with Gasteiger partial charge in [-0.05, 0) is 68.4 Å². The SMILES string of the molecule is C.C.C.C.C=C[C@@H]1C[C@]1(NC(=O)[C@@H]1CC2CN1C(=O)[C@H](C(C)(C)C)NC(=O)O[C@@H]1C[C@H]1CCCCCc1nc3ccc(OC)cc3nc1O2)C(=O)NS(=O)(=O)C1CC1.S.S.S. The van der Waals surface area contributed by atoms with Crippen LogP contribution in [0.2, 0.25) is 0 Å². The van der Waals surface area contributed by atoms with Crippen LogP contribution in [0.25, 0.3) is 11.0 Å². The van der Waals surface area contributed by atoms with Gasteiger partial charge in [-0.25, -0.2) is 23.2 Å². The molecule has 3 saturated carbocycles. The highest BCUT2D eigenvalue weighted by molar-refractivity contribution is 7.91. The largest absolute Gasteiger partial charge is 0.497 e. The lowest BCUT2D eigenvalue weighted by Gasteiger charge is -2.35. The van der Waals surface area contributed by atoms with Gasteiger partial charge in [-0.1, -0.05) is 69.4 Å². The normalized spacial score (nSPS) is 26.8. The highest BCUT2D eigenvalue weighted by Crippen LogP contribution is 2.46. The van der Waals surface area contributed by atoms with Gasteiger partial charge in [0, 0.05) is 18.4 Å². The third kappa shape index (κ3) is 12.6. The van der Waals surface area contributed by atoms with Crippen LogP contribution in [0.5, 0.6) is 11.6 Å². The van der Waals surface area contributed by atoms with Gasteiger partial charge in [-0.3, -0.25) is 19.1 Å². The lowest BCUT2D eigenvalue weighted by Crippen LogP contribution is -2.60. The van der Waals surface area contributed by atoms with E-state index >= 15 is 0 Å². The van der Waals surface area contributed by atoms with E-state index in [1.165, 1.54) is 11.0 Å². The predicted molar refractivity (Wildman–Crippen MR) is 255 cm³/mol. The van der Waals surface area contributed by atoms with E-state index in [1.807, 2.05) is 32.9 Å². The lowest BCUT2D eigenvalue weighted by atomic mass is 9.85. The summed E-state index contributed by atoms with van der Waals surface area (Å²) in [6.45, 7) is 9.18. The van der Waals surface area contributed by atoms with Crippen LogP contribution >= 0.6 is 40.5 Å². The Hall–Kier alpha value is -3.42. The van der Waals surface area contributed by atoms with Crippen molar-refractivity contribution in [2.45, 2.75) is 150 Å². The number of carbonyl (C=O) groups excluding carboxylic acids is 4. The first-order valence-corrected chi connectivity index (χ1v) is 20.5. The topological polar surface area (TPSA) is 195 Å². The molecule has 1 saturated heterocycles. The summed E-state index contributed by atoms with van der Waals surface area (Å²) >= 11 is 0. The minimum absolute atomic E-state index is 0. The van der Waals surface area contributed by atoms with E-state index in [9.17, 15) is 27.6 Å². The molecule has 0 spiro atoms. The van der Waals surface area contributed by atoms with Crippen molar-refractivity contribution in [2.75, 3.05) is 13.7 Å². The second-order valence-electron chi connectivity index (χ2n) is 16.5. The van der Waals surface area contributed by atoms with Gasteiger partial charge in [0.25, 0.3) is 5.91 Å². The number of sulfonamides is 1. The van der Waals surface area contributed by atoms with Crippen molar-refractivity contribution in [3.05, 3.63) is 36.5 Å². The van der Waals surface area contributed by atoms with Crippen LogP contribution in [0.3, 0.4) is 0 Å². The van der Waals surface area contributed by atoms with Gasteiger partial charge in [-0.2, -0.15) is 40.5 Å². The maximum atomic E-state index is 14.6. The number of ether oxygens (including phenoxy) is 3. The molecule has 3 N–H and O–H groups in total. The number of rotatable bonds is 7. The zero-order chi connectivity index (χ0) is 38.6. The molecule has 3 aliphatic carbocycles. The number of aryl methyl sites for hydroxylation is 1. The third-order valence-electron chi connectivity index (χ3n) is 11.3. The second-order valence-corrected chi connectivity index (χ2v) is 18.4. The number of alkyl carbamates (subject to hydrolysis) is 1. The van der Waals surface area contributed by atoms with Crippen molar-refractivity contribution in [3.63, 3.8) is 0 Å². The van der Waals surface area contributed by atoms with Gasteiger partial charge in [0.05, 0.1) is 29.9 Å². The molecule has 5 aliphatic rings. The van der Waals surface area contributed by atoms with Crippen molar-refractivity contribution < 1.29 is 41.8 Å². The van der Waals surface area contributed by atoms with Crippen molar-refractivity contribution in [2.24, 2.45) is 17.3 Å². The quantitative estimate of drug-likeness (QED) is 0.268. The second kappa shape index (κ2) is 22.3. The molecule has 7 atom stereocenters. The average Bonchev–Trinajstić information content (AvgIpc) is 4.04. The van der Waals surface area contributed by atoms with E-state index < -0.39 is 74.1 Å². The molecule has 3 heterocycles. The lowest BCUT2D eigenvalue weighted by molar-refractivity contribution is -0.142. The molecule has 1 aromatic carbocycles. The van der Waals surface area contributed by atoms with Crippen LogP contribution in [0.15, 0.2) is 30.9 Å². The summed E-state index contributed by atoms with van der Waals surface area (Å²) in [6.07, 6.45) is 5.93. The number of aromatic nitrogens is 2. The number of carbonyl (C=O) groups is 4. The zero-order valence-electron chi connectivity index (χ0n) is 32.8. The molecule has 0 radical (unpaired) electrons. The molecule has 15 nitrogen and oxygen atoms in total. The Bertz CT molecular complexity index is 1980. The van der Waals surface area contributed by atoms with Crippen molar-refractivity contribution in [1.82, 2.24) is 30.2 Å². The van der Waals surface area contributed by atoms with Gasteiger partial charge >= 0.3 is 6.09 Å². The Labute approximate surface area is 384 Å². The van der Waals surface area contributed by atoms with E-state index in [-0.39, 0.29) is 102 Å². The summed E-state index contributed by atoms with van der Waals surface area (Å²) in [4.78, 5) is 66.8. The summed E-state index contributed by atoms with van der Waals surface area (Å²) in [5.74, 6) is -1.39. The number of amides is 4. The number of methoxy groups -OCH3 is 1. The molecule has 4 amide bonds. The predicted octanol–water partition coefficient (Wildman–Crippen LogP) is 6.18. The average molecular weight is 933 g/mol. The molecule has 348 valence electrons. The fourth-order valence-electron chi connectivity index (χ4n) is 7.64.